The summed E-state index contributed by atoms with van der Waals surface area (Å²) in [6, 6.07) is 7.88. The van der Waals surface area contributed by atoms with Crippen molar-refractivity contribution in [3.63, 3.8) is 0 Å². The molecule has 0 amide bonds. The molecule has 0 saturated carbocycles. The number of hydrogen-bond acceptors (Lipinski definition) is 4. The standard InChI is InChI=1S/C14H19NO3Si/c1-16-11-5-6-13-12(9-11)14(10-15,7-8-17-13)18-19(2,3)4/h5-6,9H,7-8H2,1-4H3. The minimum absolute atomic E-state index is 0.497. The van der Waals surface area contributed by atoms with E-state index in [0.717, 1.165) is 5.56 Å². The van der Waals surface area contributed by atoms with Crippen LogP contribution in [-0.2, 0) is 10.0 Å². The van der Waals surface area contributed by atoms with Gasteiger partial charge in [-0.15, -0.1) is 0 Å². The molecule has 2 rings (SSSR count). The molecule has 0 N–H and O–H groups in total. The second-order valence-electron chi connectivity index (χ2n) is 5.61. The molecular weight excluding hydrogens is 258 g/mol. The highest BCUT2D eigenvalue weighted by molar-refractivity contribution is 6.69. The minimum atomic E-state index is -1.85. The first kappa shape index (κ1) is 13.9. The summed E-state index contributed by atoms with van der Waals surface area (Å²) in [5, 5.41) is 9.67. The Balaban J connectivity index is 2.52. The van der Waals surface area contributed by atoms with Gasteiger partial charge in [-0.2, -0.15) is 5.26 Å². The Morgan fingerprint density at radius 2 is 2.11 bits per heavy atom. The summed E-state index contributed by atoms with van der Waals surface area (Å²) < 4.78 is 17.0. The molecule has 0 fully saturated rings. The summed E-state index contributed by atoms with van der Waals surface area (Å²) in [6.07, 6.45) is 0.550. The van der Waals surface area contributed by atoms with E-state index in [4.69, 9.17) is 13.9 Å². The van der Waals surface area contributed by atoms with Crippen molar-refractivity contribution in [2.75, 3.05) is 13.7 Å². The maximum Gasteiger partial charge on any atom is 0.186 e. The Labute approximate surface area is 115 Å². The number of methoxy groups -OCH3 is 1. The van der Waals surface area contributed by atoms with Gasteiger partial charge < -0.3 is 13.9 Å². The van der Waals surface area contributed by atoms with Gasteiger partial charge in [-0.25, -0.2) is 0 Å². The summed E-state index contributed by atoms with van der Waals surface area (Å²) in [6.45, 7) is 6.75. The van der Waals surface area contributed by atoms with Crippen molar-refractivity contribution in [1.82, 2.24) is 0 Å². The van der Waals surface area contributed by atoms with Crippen LogP contribution in [0.3, 0.4) is 0 Å². The third-order valence-electron chi connectivity index (χ3n) is 2.99. The van der Waals surface area contributed by atoms with Gasteiger partial charge in [-0.1, -0.05) is 0 Å². The molecule has 19 heavy (non-hydrogen) atoms. The largest absolute Gasteiger partial charge is 0.497 e. The summed E-state index contributed by atoms with van der Waals surface area (Å²) in [5.74, 6) is 1.43. The summed E-state index contributed by atoms with van der Waals surface area (Å²) in [4.78, 5) is 0. The molecule has 1 aliphatic heterocycles. The van der Waals surface area contributed by atoms with E-state index in [2.05, 4.69) is 25.7 Å². The first-order valence-electron chi connectivity index (χ1n) is 6.33. The molecule has 102 valence electrons. The molecule has 0 aromatic heterocycles. The summed E-state index contributed by atoms with van der Waals surface area (Å²) >= 11 is 0. The molecule has 1 aromatic rings. The first-order valence-corrected chi connectivity index (χ1v) is 9.74. The van der Waals surface area contributed by atoms with Crippen LogP contribution in [-0.4, -0.2) is 22.0 Å². The van der Waals surface area contributed by atoms with E-state index in [9.17, 15) is 5.26 Å². The van der Waals surface area contributed by atoms with Crippen LogP contribution in [0, 0.1) is 11.3 Å². The first-order chi connectivity index (χ1) is 8.90. The highest BCUT2D eigenvalue weighted by atomic mass is 28.4. The van der Waals surface area contributed by atoms with Crippen LogP contribution in [0.15, 0.2) is 18.2 Å². The number of ether oxygens (including phenoxy) is 2. The van der Waals surface area contributed by atoms with Gasteiger partial charge in [-0.05, 0) is 37.8 Å². The van der Waals surface area contributed by atoms with Crippen LogP contribution >= 0.6 is 0 Å². The van der Waals surface area contributed by atoms with Gasteiger partial charge in [0.1, 0.15) is 17.6 Å². The van der Waals surface area contributed by atoms with Crippen molar-refractivity contribution in [2.45, 2.75) is 31.7 Å². The lowest BCUT2D eigenvalue weighted by Gasteiger charge is -2.37. The van der Waals surface area contributed by atoms with E-state index in [1.165, 1.54) is 0 Å². The van der Waals surface area contributed by atoms with Crippen LogP contribution in [0.5, 0.6) is 11.5 Å². The topological polar surface area (TPSA) is 51.5 Å². The van der Waals surface area contributed by atoms with Crippen molar-refractivity contribution >= 4 is 8.32 Å². The van der Waals surface area contributed by atoms with Crippen LogP contribution in [0.2, 0.25) is 19.6 Å². The molecule has 0 saturated heterocycles. The maximum absolute atomic E-state index is 9.67. The fraction of sp³-hybridized carbons (Fsp3) is 0.500. The fourth-order valence-corrected chi connectivity index (χ4v) is 3.59. The third kappa shape index (κ3) is 2.75. The Bertz CT molecular complexity index is 518. The van der Waals surface area contributed by atoms with Crippen molar-refractivity contribution in [3.05, 3.63) is 23.8 Å². The predicted molar refractivity (Wildman–Crippen MR) is 74.8 cm³/mol. The molecule has 4 nitrogen and oxygen atoms in total. The molecular formula is C14H19NO3Si. The minimum Gasteiger partial charge on any atom is -0.497 e. The second kappa shape index (κ2) is 4.87. The molecule has 1 aliphatic rings. The lowest BCUT2D eigenvalue weighted by molar-refractivity contribution is 0.0661. The van der Waals surface area contributed by atoms with Gasteiger partial charge >= 0.3 is 0 Å². The van der Waals surface area contributed by atoms with Gasteiger partial charge in [0.25, 0.3) is 0 Å². The van der Waals surface area contributed by atoms with Gasteiger partial charge in [0.05, 0.1) is 13.7 Å². The third-order valence-corrected chi connectivity index (χ3v) is 3.96. The number of rotatable bonds is 3. The Hall–Kier alpha value is -1.51. The number of fused-ring (bicyclic) bond motifs is 1. The molecule has 5 heteroatoms. The molecule has 1 heterocycles. The van der Waals surface area contributed by atoms with E-state index in [0.29, 0.717) is 24.5 Å². The highest BCUT2D eigenvalue weighted by Gasteiger charge is 2.42. The number of nitrogens with zero attached hydrogens (tertiary/aromatic N) is 1. The van der Waals surface area contributed by atoms with Crippen molar-refractivity contribution < 1.29 is 13.9 Å². The monoisotopic (exact) mass is 277 g/mol. The molecule has 0 aliphatic carbocycles. The van der Waals surface area contributed by atoms with E-state index in [1.807, 2.05) is 18.2 Å². The van der Waals surface area contributed by atoms with Crippen LogP contribution in [0.25, 0.3) is 0 Å². The van der Waals surface area contributed by atoms with Gasteiger partial charge in [0.2, 0.25) is 0 Å². The zero-order valence-electron chi connectivity index (χ0n) is 11.8. The average molecular weight is 277 g/mol. The van der Waals surface area contributed by atoms with Crippen molar-refractivity contribution in [2.24, 2.45) is 0 Å². The van der Waals surface area contributed by atoms with Gasteiger partial charge in [-0.3, -0.25) is 0 Å². The Morgan fingerprint density at radius 3 is 2.68 bits per heavy atom. The molecule has 1 atom stereocenters. The second-order valence-corrected chi connectivity index (χ2v) is 10.0. The fourth-order valence-electron chi connectivity index (χ4n) is 2.28. The number of hydrogen-bond donors (Lipinski definition) is 0. The van der Waals surface area contributed by atoms with Crippen molar-refractivity contribution in [3.8, 4) is 17.6 Å². The number of nitriles is 1. The molecule has 1 aromatic carbocycles. The highest BCUT2D eigenvalue weighted by Crippen LogP contribution is 2.42. The lowest BCUT2D eigenvalue weighted by atomic mass is 9.89. The van der Waals surface area contributed by atoms with Gasteiger partial charge in [0.15, 0.2) is 13.9 Å². The van der Waals surface area contributed by atoms with E-state index in [1.54, 1.807) is 7.11 Å². The van der Waals surface area contributed by atoms with Crippen molar-refractivity contribution in [1.29, 1.82) is 5.26 Å². The quantitative estimate of drug-likeness (QED) is 0.797. The SMILES string of the molecule is COc1ccc2c(c1)C(C#N)(O[Si](C)(C)C)CCO2. The Morgan fingerprint density at radius 1 is 1.37 bits per heavy atom. The lowest BCUT2D eigenvalue weighted by Crippen LogP contribution is -2.42. The Kier molecular flexibility index (Phi) is 3.57. The van der Waals surface area contributed by atoms with E-state index < -0.39 is 13.9 Å². The van der Waals surface area contributed by atoms with E-state index in [-0.39, 0.29) is 0 Å². The van der Waals surface area contributed by atoms with Crippen LogP contribution in [0.4, 0.5) is 0 Å². The normalized spacial score (nSPS) is 22.1. The smallest absolute Gasteiger partial charge is 0.186 e. The summed E-state index contributed by atoms with van der Waals surface area (Å²) in [7, 11) is -0.243. The molecule has 0 spiro atoms. The van der Waals surface area contributed by atoms with Gasteiger partial charge in [0, 0.05) is 12.0 Å². The zero-order chi connectivity index (χ0) is 14.1. The van der Waals surface area contributed by atoms with Crippen LogP contribution < -0.4 is 9.47 Å². The zero-order valence-corrected chi connectivity index (χ0v) is 12.8. The molecule has 1 unspecified atom stereocenters. The predicted octanol–water partition coefficient (Wildman–Crippen LogP) is 3.05. The summed E-state index contributed by atoms with van der Waals surface area (Å²) in [5.41, 5.74) is -0.130. The maximum atomic E-state index is 9.67. The van der Waals surface area contributed by atoms with E-state index >= 15 is 0 Å². The number of benzene rings is 1. The average Bonchev–Trinajstić information content (AvgIpc) is 2.37. The molecule has 0 radical (unpaired) electrons. The van der Waals surface area contributed by atoms with Crippen LogP contribution in [0.1, 0.15) is 12.0 Å². The molecule has 0 bridgehead atoms.